The van der Waals surface area contributed by atoms with E-state index in [1.165, 1.54) is 16.5 Å². The van der Waals surface area contributed by atoms with Crippen LogP contribution < -0.4 is 5.73 Å². The first-order valence-electron chi connectivity index (χ1n) is 5.00. The van der Waals surface area contributed by atoms with Crippen molar-refractivity contribution in [3.05, 3.63) is 42.4 Å². The van der Waals surface area contributed by atoms with Gasteiger partial charge in [0, 0.05) is 11.2 Å². The molecule has 0 fully saturated rings. The average Bonchev–Trinajstić information content (AvgIpc) is 2.94. The number of nitrogens with zero attached hydrogens (tertiary/aromatic N) is 1. The molecular formula is C12H10N2OS. The smallest absolute Gasteiger partial charge is 0.181 e. The molecule has 0 aliphatic heterocycles. The second-order valence-electron chi connectivity index (χ2n) is 3.48. The fourth-order valence-electron chi connectivity index (χ4n) is 1.71. The molecule has 2 heterocycles. The van der Waals surface area contributed by atoms with E-state index in [1.807, 2.05) is 12.1 Å². The number of rotatable bonds is 2. The molecule has 0 saturated carbocycles. The average molecular weight is 230 g/mol. The van der Waals surface area contributed by atoms with Crippen LogP contribution >= 0.6 is 11.3 Å². The van der Waals surface area contributed by atoms with Crippen LogP contribution in [0.3, 0.4) is 0 Å². The molecule has 2 aromatic heterocycles. The van der Waals surface area contributed by atoms with Gasteiger partial charge in [-0.3, -0.25) is 0 Å². The number of oxazole rings is 1. The molecule has 3 nitrogen and oxygen atoms in total. The van der Waals surface area contributed by atoms with E-state index in [2.05, 4.69) is 23.2 Å². The van der Waals surface area contributed by atoms with Crippen molar-refractivity contribution in [2.24, 2.45) is 5.73 Å². The molecular weight excluding hydrogens is 220 g/mol. The zero-order chi connectivity index (χ0) is 11.0. The summed E-state index contributed by atoms with van der Waals surface area (Å²) in [6.45, 7) is 0.403. The normalized spacial score (nSPS) is 11.1. The van der Waals surface area contributed by atoms with Crippen LogP contribution in [0.4, 0.5) is 0 Å². The van der Waals surface area contributed by atoms with Crippen LogP contribution in [0.5, 0.6) is 0 Å². The van der Waals surface area contributed by atoms with Crippen LogP contribution in [0, 0.1) is 0 Å². The number of nitrogens with two attached hydrogens (primary N) is 1. The summed E-state index contributed by atoms with van der Waals surface area (Å²) in [6, 6.07) is 10.4. The van der Waals surface area contributed by atoms with Gasteiger partial charge in [-0.15, -0.1) is 11.3 Å². The van der Waals surface area contributed by atoms with Gasteiger partial charge in [-0.2, -0.15) is 0 Å². The first kappa shape index (κ1) is 9.57. The third-order valence-electron chi connectivity index (χ3n) is 2.48. The summed E-state index contributed by atoms with van der Waals surface area (Å²) in [5.74, 6) is 0.795. The van der Waals surface area contributed by atoms with Gasteiger partial charge in [0.1, 0.15) is 5.69 Å². The van der Waals surface area contributed by atoms with Crippen molar-refractivity contribution < 1.29 is 4.42 Å². The van der Waals surface area contributed by atoms with Gasteiger partial charge in [-0.1, -0.05) is 18.2 Å². The number of fused-ring (bicyclic) bond motifs is 1. The largest absolute Gasteiger partial charge is 0.442 e. The van der Waals surface area contributed by atoms with E-state index in [0.29, 0.717) is 6.54 Å². The van der Waals surface area contributed by atoms with E-state index in [0.717, 1.165) is 16.3 Å². The Morgan fingerprint density at radius 3 is 3.00 bits per heavy atom. The van der Waals surface area contributed by atoms with Crippen molar-refractivity contribution in [3.63, 3.8) is 0 Å². The minimum Gasteiger partial charge on any atom is -0.442 e. The summed E-state index contributed by atoms with van der Waals surface area (Å²) in [4.78, 5) is 5.18. The van der Waals surface area contributed by atoms with Gasteiger partial charge >= 0.3 is 0 Å². The lowest BCUT2D eigenvalue weighted by Gasteiger charge is -1.92. The Hall–Kier alpha value is -1.65. The van der Waals surface area contributed by atoms with E-state index >= 15 is 0 Å². The van der Waals surface area contributed by atoms with Gasteiger partial charge in [0.15, 0.2) is 12.2 Å². The summed E-state index contributed by atoms with van der Waals surface area (Å²) in [7, 11) is 0. The summed E-state index contributed by atoms with van der Waals surface area (Å²) >= 11 is 1.70. The predicted octanol–water partition coefficient (Wildman–Crippen LogP) is 3.02. The molecule has 0 spiro atoms. The number of hydrogen-bond acceptors (Lipinski definition) is 4. The van der Waals surface area contributed by atoms with Crippen LogP contribution in [0.15, 0.2) is 41.1 Å². The van der Waals surface area contributed by atoms with Gasteiger partial charge in [-0.05, 0) is 17.5 Å². The van der Waals surface area contributed by atoms with Crippen molar-refractivity contribution in [2.45, 2.75) is 6.54 Å². The van der Waals surface area contributed by atoms with Crippen molar-refractivity contribution >= 4 is 21.4 Å². The summed E-state index contributed by atoms with van der Waals surface area (Å²) < 4.78 is 6.64. The first-order valence-corrected chi connectivity index (χ1v) is 5.81. The molecule has 0 radical (unpaired) electrons. The molecule has 1 aromatic carbocycles. The van der Waals surface area contributed by atoms with Crippen molar-refractivity contribution in [2.75, 3.05) is 0 Å². The molecule has 0 unspecified atom stereocenters. The SMILES string of the molecule is NCc1ncoc1-c1cc2ccccc2s1. The highest BCUT2D eigenvalue weighted by Crippen LogP contribution is 2.34. The number of hydrogen-bond donors (Lipinski definition) is 1. The standard InChI is InChI=1S/C12H10N2OS/c13-6-9-12(15-7-14-9)11-5-8-3-1-2-4-10(8)16-11/h1-5,7H,6,13H2. The Labute approximate surface area is 96.5 Å². The second-order valence-corrected chi connectivity index (χ2v) is 4.56. The Bertz CT molecular complexity index is 594. The van der Waals surface area contributed by atoms with E-state index in [9.17, 15) is 0 Å². The molecule has 0 saturated heterocycles. The van der Waals surface area contributed by atoms with Crippen LogP contribution in [0.2, 0.25) is 0 Å². The van der Waals surface area contributed by atoms with Crippen molar-refractivity contribution in [1.29, 1.82) is 0 Å². The monoisotopic (exact) mass is 230 g/mol. The maximum atomic E-state index is 5.61. The maximum Gasteiger partial charge on any atom is 0.181 e. The third kappa shape index (κ3) is 1.43. The highest BCUT2D eigenvalue weighted by atomic mass is 32.1. The lowest BCUT2D eigenvalue weighted by molar-refractivity contribution is 0.572. The number of thiophene rings is 1. The summed E-state index contributed by atoms with van der Waals surface area (Å²) in [5, 5.41) is 1.22. The molecule has 3 rings (SSSR count). The minimum absolute atomic E-state index is 0.403. The fourth-order valence-corrected chi connectivity index (χ4v) is 2.78. The van der Waals surface area contributed by atoms with Crippen LogP contribution in [-0.4, -0.2) is 4.98 Å². The lowest BCUT2D eigenvalue weighted by atomic mass is 10.2. The zero-order valence-electron chi connectivity index (χ0n) is 8.51. The Balaban J connectivity index is 2.19. The number of aromatic nitrogens is 1. The lowest BCUT2D eigenvalue weighted by Crippen LogP contribution is -1.97. The van der Waals surface area contributed by atoms with E-state index < -0.39 is 0 Å². The molecule has 0 aliphatic carbocycles. The van der Waals surface area contributed by atoms with Gasteiger partial charge < -0.3 is 10.2 Å². The van der Waals surface area contributed by atoms with Crippen molar-refractivity contribution in [3.8, 4) is 10.6 Å². The molecule has 0 bridgehead atoms. The number of benzene rings is 1. The molecule has 2 N–H and O–H groups in total. The Morgan fingerprint density at radius 1 is 1.31 bits per heavy atom. The van der Waals surface area contributed by atoms with Gasteiger partial charge in [-0.25, -0.2) is 4.98 Å². The highest BCUT2D eigenvalue weighted by molar-refractivity contribution is 7.22. The van der Waals surface area contributed by atoms with Crippen LogP contribution in [-0.2, 0) is 6.54 Å². The summed E-state index contributed by atoms with van der Waals surface area (Å²) in [5.41, 5.74) is 6.42. The molecule has 16 heavy (non-hydrogen) atoms. The quantitative estimate of drug-likeness (QED) is 0.736. The zero-order valence-corrected chi connectivity index (χ0v) is 9.33. The topological polar surface area (TPSA) is 52.0 Å². The van der Waals surface area contributed by atoms with Crippen LogP contribution in [0.1, 0.15) is 5.69 Å². The van der Waals surface area contributed by atoms with Gasteiger partial charge in [0.05, 0.1) is 4.88 Å². The highest BCUT2D eigenvalue weighted by Gasteiger charge is 2.12. The second kappa shape index (κ2) is 3.73. The maximum absolute atomic E-state index is 5.61. The molecule has 3 aromatic rings. The Kier molecular flexibility index (Phi) is 2.23. The first-order chi connectivity index (χ1) is 7.88. The molecule has 4 heteroatoms. The molecule has 80 valence electrons. The predicted molar refractivity (Wildman–Crippen MR) is 65.2 cm³/mol. The van der Waals surface area contributed by atoms with E-state index in [4.69, 9.17) is 10.2 Å². The van der Waals surface area contributed by atoms with Gasteiger partial charge in [0.25, 0.3) is 0 Å². The molecule has 0 atom stereocenters. The molecule has 0 aliphatic rings. The third-order valence-corrected chi connectivity index (χ3v) is 3.60. The molecule has 0 amide bonds. The minimum atomic E-state index is 0.403. The van der Waals surface area contributed by atoms with E-state index in [-0.39, 0.29) is 0 Å². The fraction of sp³-hybridized carbons (Fsp3) is 0.0833. The Morgan fingerprint density at radius 2 is 2.19 bits per heavy atom. The van der Waals surface area contributed by atoms with Crippen LogP contribution in [0.25, 0.3) is 20.7 Å². The summed E-state index contributed by atoms with van der Waals surface area (Å²) in [6.07, 6.45) is 1.45. The van der Waals surface area contributed by atoms with E-state index in [1.54, 1.807) is 11.3 Å². The van der Waals surface area contributed by atoms with Crippen molar-refractivity contribution in [1.82, 2.24) is 4.98 Å². The van der Waals surface area contributed by atoms with Gasteiger partial charge in [0.2, 0.25) is 0 Å².